The first-order valence-corrected chi connectivity index (χ1v) is 5.62. The SMILES string of the molecule is CC1(CNC(=O)C(C)(C)C)CCCC1. The lowest BCUT2D eigenvalue weighted by Gasteiger charge is -2.26. The van der Waals surface area contributed by atoms with Crippen LogP contribution in [0.3, 0.4) is 0 Å². The van der Waals surface area contributed by atoms with Gasteiger partial charge in [-0.25, -0.2) is 0 Å². The molecule has 1 aliphatic carbocycles. The van der Waals surface area contributed by atoms with Crippen LogP contribution in [0, 0.1) is 10.8 Å². The predicted molar refractivity (Wildman–Crippen MR) is 59.0 cm³/mol. The third kappa shape index (κ3) is 3.00. The summed E-state index contributed by atoms with van der Waals surface area (Å²) in [6, 6.07) is 0. The predicted octanol–water partition coefficient (Wildman–Crippen LogP) is 2.73. The van der Waals surface area contributed by atoms with Crippen LogP contribution < -0.4 is 5.32 Å². The molecule has 1 N–H and O–H groups in total. The van der Waals surface area contributed by atoms with Crippen molar-refractivity contribution in [1.29, 1.82) is 0 Å². The average molecular weight is 197 g/mol. The Morgan fingerprint density at radius 1 is 1.29 bits per heavy atom. The van der Waals surface area contributed by atoms with Gasteiger partial charge in [-0.2, -0.15) is 0 Å². The number of hydrogen-bond acceptors (Lipinski definition) is 1. The summed E-state index contributed by atoms with van der Waals surface area (Å²) in [6.45, 7) is 9.00. The van der Waals surface area contributed by atoms with Gasteiger partial charge in [0.15, 0.2) is 0 Å². The van der Waals surface area contributed by atoms with E-state index in [1.807, 2.05) is 20.8 Å². The fourth-order valence-electron chi connectivity index (χ4n) is 1.96. The molecule has 14 heavy (non-hydrogen) atoms. The Kier molecular flexibility index (Phi) is 3.23. The lowest BCUT2D eigenvalue weighted by molar-refractivity contribution is -0.129. The van der Waals surface area contributed by atoms with Crippen LogP contribution in [0.15, 0.2) is 0 Å². The summed E-state index contributed by atoms with van der Waals surface area (Å²) in [6.07, 6.45) is 5.17. The van der Waals surface area contributed by atoms with E-state index in [1.165, 1.54) is 25.7 Å². The van der Waals surface area contributed by atoms with E-state index in [1.54, 1.807) is 0 Å². The average Bonchev–Trinajstić information content (AvgIpc) is 2.47. The molecule has 2 heteroatoms. The van der Waals surface area contributed by atoms with Crippen molar-refractivity contribution in [3.8, 4) is 0 Å². The second-order valence-electron chi connectivity index (χ2n) is 5.95. The maximum absolute atomic E-state index is 11.7. The van der Waals surface area contributed by atoms with Gasteiger partial charge < -0.3 is 5.32 Å². The van der Waals surface area contributed by atoms with Gasteiger partial charge in [-0.05, 0) is 18.3 Å². The summed E-state index contributed by atoms with van der Waals surface area (Å²) in [5.74, 6) is 0.172. The van der Waals surface area contributed by atoms with E-state index in [2.05, 4.69) is 12.2 Å². The normalized spacial score (nSPS) is 20.9. The lowest BCUT2D eigenvalue weighted by atomic mass is 9.88. The van der Waals surface area contributed by atoms with Gasteiger partial charge in [0, 0.05) is 12.0 Å². The van der Waals surface area contributed by atoms with Crippen LogP contribution in [0.5, 0.6) is 0 Å². The molecule has 1 aliphatic rings. The van der Waals surface area contributed by atoms with Crippen LogP contribution >= 0.6 is 0 Å². The zero-order valence-corrected chi connectivity index (χ0v) is 9.94. The molecule has 0 bridgehead atoms. The topological polar surface area (TPSA) is 29.1 Å². The van der Waals surface area contributed by atoms with E-state index in [0.717, 1.165) is 6.54 Å². The van der Waals surface area contributed by atoms with Gasteiger partial charge in [-0.3, -0.25) is 4.79 Å². The van der Waals surface area contributed by atoms with E-state index in [4.69, 9.17) is 0 Å². The van der Waals surface area contributed by atoms with Crippen LogP contribution in [0.4, 0.5) is 0 Å². The van der Waals surface area contributed by atoms with Gasteiger partial charge in [0.25, 0.3) is 0 Å². The zero-order chi connectivity index (χ0) is 10.8. The van der Waals surface area contributed by atoms with Crippen molar-refractivity contribution in [3.05, 3.63) is 0 Å². The summed E-state index contributed by atoms with van der Waals surface area (Å²) in [4.78, 5) is 11.7. The molecule has 82 valence electrons. The van der Waals surface area contributed by atoms with E-state index >= 15 is 0 Å². The highest BCUT2D eigenvalue weighted by Crippen LogP contribution is 2.36. The monoisotopic (exact) mass is 197 g/mol. The minimum absolute atomic E-state index is 0.172. The molecule has 1 saturated carbocycles. The number of carbonyl (C=O) groups is 1. The Hall–Kier alpha value is -0.530. The van der Waals surface area contributed by atoms with E-state index < -0.39 is 0 Å². The lowest BCUT2D eigenvalue weighted by Crippen LogP contribution is -2.40. The van der Waals surface area contributed by atoms with Crippen LogP contribution in [0.1, 0.15) is 53.4 Å². The molecule has 0 heterocycles. The van der Waals surface area contributed by atoms with Gasteiger partial charge in [0.05, 0.1) is 0 Å². The summed E-state index contributed by atoms with van der Waals surface area (Å²) < 4.78 is 0. The highest BCUT2D eigenvalue weighted by molar-refractivity contribution is 5.81. The van der Waals surface area contributed by atoms with Gasteiger partial charge >= 0.3 is 0 Å². The van der Waals surface area contributed by atoms with Crippen molar-refractivity contribution >= 4 is 5.91 Å². The summed E-state index contributed by atoms with van der Waals surface area (Å²) in [7, 11) is 0. The number of nitrogens with one attached hydrogen (secondary N) is 1. The Labute approximate surface area is 87.5 Å². The quantitative estimate of drug-likeness (QED) is 0.724. The number of amides is 1. The third-order valence-corrected chi connectivity index (χ3v) is 3.17. The van der Waals surface area contributed by atoms with Crippen LogP contribution in [0.25, 0.3) is 0 Å². The van der Waals surface area contributed by atoms with Crippen molar-refractivity contribution in [2.45, 2.75) is 53.4 Å². The highest BCUT2D eigenvalue weighted by atomic mass is 16.2. The molecule has 1 rings (SSSR count). The third-order valence-electron chi connectivity index (χ3n) is 3.17. The zero-order valence-electron chi connectivity index (χ0n) is 9.94. The molecule has 1 fully saturated rings. The van der Waals surface area contributed by atoms with E-state index in [0.29, 0.717) is 5.41 Å². The van der Waals surface area contributed by atoms with Crippen LogP contribution in [-0.2, 0) is 4.79 Å². The van der Waals surface area contributed by atoms with Crippen molar-refractivity contribution in [3.63, 3.8) is 0 Å². The summed E-state index contributed by atoms with van der Waals surface area (Å²) >= 11 is 0. The first-order chi connectivity index (χ1) is 6.33. The molecular formula is C12H23NO. The van der Waals surface area contributed by atoms with Crippen LogP contribution in [0.2, 0.25) is 0 Å². The van der Waals surface area contributed by atoms with E-state index in [9.17, 15) is 4.79 Å². The van der Waals surface area contributed by atoms with Gasteiger partial charge in [0.2, 0.25) is 5.91 Å². The number of hydrogen-bond donors (Lipinski definition) is 1. The fourth-order valence-corrected chi connectivity index (χ4v) is 1.96. The molecule has 0 aromatic rings. The second kappa shape index (κ2) is 3.92. The molecular weight excluding hydrogens is 174 g/mol. The van der Waals surface area contributed by atoms with Gasteiger partial charge in [0.1, 0.15) is 0 Å². The van der Waals surface area contributed by atoms with Crippen molar-refractivity contribution in [2.75, 3.05) is 6.54 Å². The van der Waals surface area contributed by atoms with Crippen LogP contribution in [-0.4, -0.2) is 12.5 Å². The van der Waals surface area contributed by atoms with Gasteiger partial charge in [-0.1, -0.05) is 40.5 Å². The largest absolute Gasteiger partial charge is 0.355 e. The molecule has 0 radical (unpaired) electrons. The Balaban J connectivity index is 2.37. The Morgan fingerprint density at radius 3 is 2.21 bits per heavy atom. The molecule has 0 aromatic heterocycles. The Morgan fingerprint density at radius 2 is 1.79 bits per heavy atom. The molecule has 0 atom stereocenters. The summed E-state index contributed by atoms with van der Waals surface area (Å²) in [5, 5.41) is 3.07. The maximum Gasteiger partial charge on any atom is 0.225 e. The van der Waals surface area contributed by atoms with Crippen molar-refractivity contribution < 1.29 is 4.79 Å². The summed E-state index contributed by atoms with van der Waals surface area (Å²) in [5.41, 5.74) is 0.107. The molecule has 0 aromatic carbocycles. The molecule has 2 nitrogen and oxygen atoms in total. The molecule has 0 spiro atoms. The molecule has 0 saturated heterocycles. The van der Waals surface area contributed by atoms with Crippen molar-refractivity contribution in [1.82, 2.24) is 5.32 Å². The smallest absolute Gasteiger partial charge is 0.225 e. The minimum atomic E-state index is -0.255. The first-order valence-electron chi connectivity index (χ1n) is 5.62. The number of rotatable bonds is 2. The Bertz CT molecular complexity index is 209. The fraction of sp³-hybridized carbons (Fsp3) is 0.917. The van der Waals surface area contributed by atoms with E-state index in [-0.39, 0.29) is 11.3 Å². The maximum atomic E-state index is 11.7. The standard InChI is InChI=1S/C12H23NO/c1-11(2,3)10(14)13-9-12(4)7-5-6-8-12/h5-9H2,1-4H3,(H,13,14). The molecule has 0 aliphatic heterocycles. The highest BCUT2D eigenvalue weighted by Gasteiger charge is 2.30. The number of carbonyl (C=O) groups excluding carboxylic acids is 1. The molecule has 0 unspecified atom stereocenters. The second-order valence-corrected chi connectivity index (χ2v) is 5.95. The van der Waals surface area contributed by atoms with Gasteiger partial charge in [-0.15, -0.1) is 0 Å². The first kappa shape index (κ1) is 11.5. The van der Waals surface area contributed by atoms with Crippen molar-refractivity contribution in [2.24, 2.45) is 10.8 Å². The molecule has 1 amide bonds. The minimum Gasteiger partial charge on any atom is -0.355 e.